The van der Waals surface area contributed by atoms with E-state index in [-0.39, 0.29) is 11.5 Å². The number of hydrogen-bond donors (Lipinski definition) is 0. The Bertz CT molecular complexity index is 1070. The lowest BCUT2D eigenvalue weighted by molar-refractivity contribution is 0.0728. The topological polar surface area (TPSA) is 44.8 Å². The van der Waals surface area contributed by atoms with Crippen molar-refractivity contribution in [3.05, 3.63) is 65.7 Å². The SMILES string of the molecule is CCCCCCCCCOc1ccc(C(=O)Oc2ccc(OC/C=C/C3CCC(CCCCC)CC3)cc2)c(F)c1F. The van der Waals surface area contributed by atoms with E-state index in [1.54, 1.807) is 24.3 Å². The van der Waals surface area contributed by atoms with Crippen molar-refractivity contribution in [2.24, 2.45) is 11.8 Å². The molecule has 3 rings (SSSR count). The van der Waals surface area contributed by atoms with Crippen molar-refractivity contribution in [3.63, 3.8) is 0 Å². The van der Waals surface area contributed by atoms with Gasteiger partial charge in [0.15, 0.2) is 11.6 Å². The Balaban J connectivity index is 1.37. The van der Waals surface area contributed by atoms with Gasteiger partial charge < -0.3 is 14.2 Å². The van der Waals surface area contributed by atoms with Crippen LogP contribution >= 0.6 is 0 Å². The van der Waals surface area contributed by atoms with Crippen LogP contribution in [-0.2, 0) is 0 Å². The smallest absolute Gasteiger partial charge is 0.346 e. The van der Waals surface area contributed by atoms with E-state index in [4.69, 9.17) is 14.2 Å². The van der Waals surface area contributed by atoms with Crippen LogP contribution in [0.5, 0.6) is 17.2 Å². The molecule has 1 saturated carbocycles. The van der Waals surface area contributed by atoms with Crippen molar-refractivity contribution in [2.75, 3.05) is 13.2 Å². The highest BCUT2D eigenvalue weighted by Crippen LogP contribution is 2.32. The monoisotopic (exact) mass is 584 g/mol. The molecule has 0 spiro atoms. The fourth-order valence-electron chi connectivity index (χ4n) is 5.55. The maximum atomic E-state index is 14.6. The van der Waals surface area contributed by atoms with E-state index >= 15 is 0 Å². The van der Waals surface area contributed by atoms with Crippen LogP contribution in [0.15, 0.2) is 48.6 Å². The van der Waals surface area contributed by atoms with Crippen molar-refractivity contribution < 1.29 is 27.8 Å². The van der Waals surface area contributed by atoms with Gasteiger partial charge in [-0.2, -0.15) is 4.39 Å². The van der Waals surface area contributed by atoms with E-state index in [2.05, 4.69) is 26.0 Å². The summed E-state index contributed by atoms with van der Waals surface area (Å²) in [5, 5.41) is 0. The molecule has 1 aliphatic rings. The van der Waals surface area contributed by atoms with E-state index in [0.717, 1.165) is 25.2 Å². The molecule has 2 aromatic rings. The van der Waals surface area contributed by atoms with Crippen LogP contribution in [0.1, 0.15) is 121 Å². The van der Waals surface area contributed by atoms with Gasteiger partial charge in [-0.05, 0) is 80.3 Å². The van der Waals surface area contributed by atoms with Gasteiger partial charge in [-0.15, -0.1) is 0 Å². The van der Waals surface area contributed by atoms with Crippen LogP contribution in [0.25, 0.3) is 0 Å². The molecule has 2 aromatic carbocycles. The number of ether oxygens (including phenoxy) is 3. The first kappa shape index (κ1) is 33.6. The molecule has 0 radical (unpaired) electrons. The Kier molecular flexibility index (Phi) is 15.5. The van der Waals surface area contributed by atoms with E-state index in [1.165, 1.54) is 89.2 Å². The number of benzene rings is 2. The van der Waals surface area contributed by atoms with Gasteiger partial charge in [0.05, 0.1) is 12.2 Å². The lowest BCUT2D eigenvalue weighted by Crippen LogP contribution is -2.13. The van der Waals surface area contributed by atoms with Crippen molar-refractivity contribution in [3.8, 4) is 17.2 Å². The van der Waals surface area contributed by atoms with Crippen LogP contribution in [0.2, 0.25) is 0 Å². The summed E-state index contributed by atoms with van der Waals surface area (Å²) in [5.74, 6) is -1.22. The first-order valence-electron chi connectivity index (χ1n) is 16.2. The third-order valence-corrected chi connectivity index (χ3v) is 8.17. The summed E-state index contributed by atoms with van der Waals surface area (Å²) in [4.78, 5) is 12.5. The van der Waals surface area contributed by atoms with Crippen molar-refractivity contribution in [1.82, 2.24) is 0 Å². The zero-order valence-electron chi connectivity index (χ0n) is 25.7. The number of allylic oxidation sites excluding steroid dienone is 1. The molecule has 0 saturated heterocycles. The standard InChI is InChI=1S/C36H50F2O4/c1-3-5-7-8-9-10-12-26-41-33-25-24-32(34(37)35(33)38)36(39)42-31-22-20-30(21-23-31)40-27-13-15-29-18-16-28(17-19-29)14-11-6-4-2/h13,15,20-25,28-29H,3-12,14,16-19,26-27H2,1-2H3/b15-13+. The molecule has 0 heterocycles. The van der Waals surface area contributed by atoms with Gasteiger partial charge in [-0.3, -0.25) is 0 Å². The number of unbranched alkanes of at least 4 members (excludes halogenated alkanes) is 8. The fourth-order valence-corrected chi connectivity index (χ4v) is 5.55. The molecule has 4 nitrogen and oxygen atoms in total. The van der Waals surface area contributed by atoms with Crippen LogP contribution in [-0.4, -0.2) is 19.2 Å². The molecular formula is C36H50F2O4. The first-order valence-corrected chi connectivity index (χ1v) is 16.2. The maximum Gasteiger partial charge on any atom is 0.346 e. The third kappa shape index (κ3) is 11.8. The summed E-state index contributed by atoms with van der Waals surface area (Å²) in [6, 6.07) is 9.00. The molecular weight excluding hydrogens is 534 g/mol. The van der Waals surface area contributed by atoms with E-state index in [9.17, 15) is 13.6 Å². The summed E-state index contributed by atoms with van der Waals surface area (Å²) in [6.07, 6.45) is 22.6. The van der Waals surface area contributed by atoms with Gasteiger partial charge in [0.2, 0.25) is 5.82 Å². The second-order valence-electron chi connectivity index (χ2n) is 11.6. The summed E-state index contributed by atoms with van der Waals surface area (Å²) in [6.45, 7) is 5.21. The first-order chi connectivity index (χ1) is 20.5. The number of halogens is 2. The molecule has 0 bridgehead atoms. The molecule has 0 N–H and O–H groups in total. The van der Waals surface area contributed by atoms with E-state index < -0.39 is 23.2 Å². The van der Waals surface area contributed by atoms with Gasteiger partial charge in [-0.1, -0.05) is 90.2 Å². The number of carbonyl (C=O) groups excluding carboxylic acids is 1. The van der Waals surface area contributed by atoms with Gasteiger partial charge in [0, 0.05) is 0 Å². The van der Waals surface area contributed by atoms with Crippen molar-refractivity contribution in [2.45, 2.75) is 110 Å². The molecule has 6 heteroatoms. The van der Waals surface area contributed by atoms with E-state index in [0.29, 0.717) is 24.9 Å². The molecule has 0 aliphatic heterocycles. The normalized spacial score (nSPS) is 17.0. The highest BCUT2D eigenvalue weighted by molar-refractivity contribution is 5.91. The average Bonchev–Trinajstić information content (AvgIpc) is 3.00. The molecule has 1 aliphatic carbocycles. The molecule has 42 heavy (non-hydrogen) atoms. The van der Waals surface area contributed by atoms with Crippen LogP contribution in [0, 0.1) is 23.5 Å². The maximum absolute atomic E-state index is 14.6. The molecule has 232 valence electrons. The molecule has 0 aromatic heterocycles. The largest absolute Gasteiger partial charge is 0.490 e. The molecule has 0 amide bonds. The minimum Gasteiger partial charge on any atom is -0.490 e. The van der Waals surface area contributed by atoms with Crippen molar-refractivity contribution >= 4 is 5.97 Å². The predicted molar refractivity (Wildman–Crippen MR) is 165 cm³/mol. The van der Waals surface area contributed by atoms with Crippen LogP contribution in [0.4, 0.5) is 8.78 Å². The summed E-state index contributed by atoms with van der Waals surface area (Å²) in [7, 11) is 0. The average molecular weight is 585 g/mol. The number of carbonyl (C=O) groups is 1. The Morgan fingerprint density at radius 1 is 0.762 bits per heavy atom. The lowest BCUT2D eigenvalue weighted by Gasteiger charge is -2.26. The summed E-state index contributed by atoms with van der Waals surface area (Å²) < 4.78 is 45.7. The Hall–Kier alpha value is -2.89. The fraction of sp³-hybridized carbons (Fsp3) is 0.583. The van der Waals surface area contributed by atoms with E-state index in [1.807, 2.05) is 0 Å². The summed E-state index contributed by atoms with van der Waals surface area (Å²) in [5.41, 5.74) is -0.476. The Morgan fingerprint density at radius 2 is 1.40 bits per heavy atom. The second-order valence-corrected chi connectivity index (χ2v) is 11.6. The molecule has 1 fully saturated rings. The second kappa shape index (κ2) is 19.3. The lowest BCUT2D eigenvalue weighted by atomic mass is 9.79. The van der Waals surface area contributed by atoms with Gasteiger partial charge in [-0.25, -0.2) is 9.18 Å². The van der Waals surface area contributed by atoms with Gasteiger partial charge in [0.25, 0.3) is 0 Å². The number of hydrogen-bond acceptors (Lipinski definition) is 4. The van der Waals surface area contributed by atoms with Crippen molar-refractivity contribution in [1.29, 1.82) is 0 Å². The predicted octanol–water partition coefficient (Wildman–Crippen LogP) is 10.6. The highest BCUT2D eigenvalue weighted by atomic mass is 19.2. The zero-order valence-corrected chi connectivity index (χ0v) is 25.7. The quantitative estimate of drug-likeness (QED) is 0.0713. The van der Waals surface area contributed by atoms with Crippen LogP contribution in [0.3, 0.4) is 0 Å². The van der Waals surface area contributed by atoms with Crippen LogP contribution < -0.4 is 14.2 Å². The third-order valence-electron chi connectivity index (χ3n) is 8.17. The Labute approximate surface area is 251 Å². The minimum atomic E-state index is -1.27. The van der Waals surface area contributed by atoms with Gasteiger partial charge in [0.1, 0.15) is 18.1 Å². The molecule has 0 atom stereocenters. The zero-order chi connectivity index (χ0) is 30.0. The number of esters is 1. The highest BCUT2D eigenvalue weighted by Gasteiger charge is 2.21. The minimum absolute atomic E-state index is 0.194. The van der Waals surface area contributed by atoms with Gasteiger partial charge >= 0.3 is 5.97 Å². The Morgan fingerprint density at radius 3 is 2.12 bits per heavy atom. The number of rotatable bonds is 19. The molecule has 0 unspecified atom stereocenters. The summed E-state index contributed by atoms with van der Waals surface area (Å²) >= 11 is 0.